The van der Waals surface area contributed by atoms with E-state index < -0.39 is 27.9 Å². The minimum absolute atomic E-state index is 0.0955. The van der Waals surface area contributed by atoms with Gasteiger partial charge in [0.1, 0.15) is 21.0 Å². The predicted octanol–water partition coefficient (Wildman–Crippen LogP) is 5.45. The van der Waals surface area contributed by atoms with Crippen molar-refractivity contribution >= 4 is 60.4 Å². The number of carbonyl (C=O) groups is 2. The van der Waals surface area contributed by atoms with Gasteiger partial charge in [-0.2, -0.15) is 4.31 Å². The maximum atomic E-state index is 13.6. The van der Waals surface area contributed by atoms with Gasteiger partial charge >= 0.3 is 0 Å². The van der Waals surface area contributed by atoms with E-state index in [0.29, 0.717) is 11.4 Å². The van der Waals surface area contributed by atoms with Crippen molar-refractivity contribution in [1.29, 1.82) is 0 Å². The molecule has 4 heterocycles. The van der Waals surface area contributed by atoms with Crippen LogP contribution >= 0.6 is 22.7 Å². The molecule has 0 bridgehead atoms. The summed E-state index contributed by atoms with van der Waals surface area (Å²) < 4.78 is 34.6. The molecule has 38 heavy (non-hydrogen) atoms. The zero-order chi connectivity index (χ0) is 26.4. The summed E-state index contributed by atoms with van der Waals surface area (Å²) in [5.41, 5.74) is 3.32. The van der Waals surface area contributed by atoms with Crippen LogP contribution in [0.5, 0.6) is 0 Å². The number of rotatable bonds is 7. The average Bonchev–Trinajstić information content (AvgIpc) is 3.70. The topological polar surface area (TPSA) is 101 Å². The fraction of sp³-hybridized carbons (Fsp3) is 0.148. The number of thiazole rings is 1. The number of thiophene rings is 1. The van der Waals surface area contributed by atoms with Crippen molar-refractivity contribution in [2.45, 2.75) is 30.1 Å². The van der Waals surface area contributed by atoms with E-state index >= 15 is 0 Å². The molecule has 1 aliphatic rings. The summed E-state index contributed by atoms with van der Waals surface area (Å²) in [7, 11) is -4.05. The molecule has 0 aliphatic carbocycles. The van der Waals surface area contributed by atoms with Gasteiger partial charge < -0.3 is 4.42 Å². The molecular formula is C27H21N3O5S3. The minimum Gasteiger partial charge on any atom is -0.468 e. The number of amides is 2. The maximum Gasteiger partial charge on any atom is 0.253 e. The van der Waals surface area contributed by atoms with E-state index in [2.05, 4.69) is 6.07 Å². The Hall–Kier alpha value is -3.64. The van der Waals surface area contributed by atoms with Crippen LogP contribution in [0.4, 0.5) is 5.69 Å². The van der Waals surface area contributed by atoms with E-state index in [1.54, 1.807) is 47.0 Å². The number of benzene rings is 2. The van der Waals surface area contributed by atoms with Crippen LogP contribution < -0.4 is 4.90 Å². The van der Waals surface area contributed by atoms with Gasteiger partial charge in [0.25, 0.3) is 15.9 Å². The first kappa shape index (κ1) is 24.7. The average molecular weight is 564 g/mol. The lowest BCUT2D eigenvalue weighted by atomic mass is 10.2. The Morgan fingerprint density at radius 1 is 1.08 bits per heavy atom. The number of nitrogens with zero attached hydrogens (tertiary/aromatic N) is 3. The van der Waals surface area contributed by atoms with E-state index in [1.165, 1.54) is 12.3 Å². The van der Waals surface area contributed by atoms with E-state index in [9.17, 15) is 18.0 Å². The molecule has 8 nitrogen and oxygen atoms in total. The first-order valence-electron chi connectivity index (χ1n) is 11.7. The van der Waals surface area contributed by atoms with Crippen molar-refractivity contribution in [1.82, 2.24) is 9.29 Å². The maximum absolute atomic E-state index is 13.6. The molecule has 1 unspecified atom stereocenters. The first-order valence-corrected chi connectivity index (χ1v) is 14.9. The summed E-state index contributed by atoms with van der Waals surface area (Å²) in [5, 5.41) is 2.49. The highest BCUT2D eigenvalue weighted by Crippen LogP contribution is 2.35. The molecule has 0 spiro atoms. The van der Waals surface area contributed by atoms with Crippen LogP contribution in [0.25, 0.3) is 20.8 Å². The summed E-state index contributed by atoms with van der Waals surface area (Å²) in [6.45, 7) is 1.87. The number of aryl methyl sites for hydroxylation is 1. The van der Waals surface area contributed by atoms with Crippen LogP contribution in [0.2, 0.25) is 0 Å². The van der Waals surface area contributed by atoms with Crippen molar-refractivity contribution in [3.8, 4) is 10.6 Å². The van der Waals surface area contributed by atoms with Crippen molar-refractivity contribution in [3.63, 3.8) is 0 Å². The Morgan fingerprint density at radius 2 is 1.89 bits per heavy atom. The molecule has 3 aromatic heterocycles. The van der Waals surface area contributed by atoms with Gasteiger partial charge in [-0.1, -0.05) is 12.1 Å². The molecule has 1 atom stereocenters. The van der Waals surface area contributed by atoms with Crippen LogP contribution in [-0.2, 0) is 26.2 Å². The third-order valence-corrected chi connectivity index (χ3v) is 10.6. The van der Waals surface area contributed by atoms with Crippen LogP contribution in [0.15, 0.2) is 87.0 Å². The molecule has 192 valence electrons. The van der Waals surface area contributed by atoms with E-state index in [0.717, 1.165) is 46.9 Å². The third kappa shape index (κ3) is 4.37. The molecule has 0 N–H and O–H groups in total. The summed E-state index contributed by atoms with van der Waals surface area (Å²) in [5.74, 6) is -0.682. The van der Waals surface area contributed by atoms with E-state index in [4.69, 9.17) is 9.40 Å². The van der Waals surface area contributed by atoms with Crippen molar-refractivity contribution in [2.24, 2.45) is 0 Å². The zero-order valence-corrected chi connectivity index (χ0v) is 22.6. The quantitative estimate of drug-likeness (QED) is 0.244. The third-order valence-electron chi connectivity index (χ3n) is 6.34. The fourth-order valence-corrected chi connectivity index (χ4v) is 8.20. The van der Waals surface area contributed by atoms with Gasteiger partial charge in [0.15, 0.2) is 0 Å². The second kappa shape index (κ2) is 9.59. The Bertz CT molecular complexity index is 1740. The van der Waals surface area contributed by atoms with Crippen LogP contribution in [-0.4, -0.2) is 35.6 Å². The number of sulfonamides is 1. The smallest absolute Gasteiger partial charge is 0.253 e. The molecule has 0 saturated carbocycles. The lowest BCUT2D eigenvalue weighted by Gasteiger charge is -2.25. The Balaban J connectivity index is 1.30. The summed E-state index contributed by atoms with van der Waals surface area (Å²) in [4.78, 5) is 32.4. The number of hydrogen-bond donors (Lipinski definition) is 0. The molecule has 11 heteroatoms. The Labute approximate surface area is 226 Å². The number of carbonyl (C=O) groups excluding carboxylic acids is 2. The number of hydrogen-bond acceptors (Lipinski definition) is 8. The standard InChI is InChI=1S/C27H21N3O5S3/c1-17-6-11-21-23(14-17)37-26(28-21)18-7-9-19(10-8-18)30-24(31)15-22(27(30)32)29(16-20-4-2-12-35-20)38(33,34)25-5-3-13-36-25/h2-14,22H,15-16H2,1H3. The minimum atomic E-state index is -4.05. The SMILES string of the molecule is Cc1ccc2nc(-c3ccc(N4C(=O)CC(N(Cc5ccco5)S(=O)(=O)c5cccs5)C4=O)cc3)sc2c1. The number of furan rings is 1. The molecule has 2 aromatic carbocycles. The highest BCUT2D eigenvalue weighted by Gasteiger charge is 2.47. The van der Waals surface area contributed by atoms with Gasteiger partial charge in [0.05, 0.1) is 35.1 Å². The summed E-state index contributed by atoms with van der Waals surface area (Å²) in [6, 6.07) is 18.3. The lowest BCUT2D eigenvalue weighted by Crippen LogP contribution is -2.44. The Kier molecular flexibility index (Phi) is 6.23. The van der Waals surface area contributed by atoms with Crippen LogP contribution in [0, 0.1) is 6.92 Å². The van der Waals surface area contributed by atoms with Gasteiger partial charge in [-0.25, -0.2) is 18.3 Å². The van der Waals surface area contributed by atoms with Gasteiger partial charge in [0.2, 0.25) is 5.91 Å². The first-order chi connectivity index (χ1) is 18.3. The molecule has 1 saturated heterocycles. The van der Waals surface area contributed by atoms with Crippen molar-refractivity contribution in [3.05, 3.63) is 89.7 Å². The monoisotopic (exact) mass is 563 g/mol. The fourth-order valence-electron chi connectivity index (χ4n) is 4.47. The van der Waals surface area contributed by atoms with Crippen molar-refractivity contribution < 1.29 is 22.4 Å². The molecule has 5 aromatic rings. The zero-order valence-electron chi connectivity index (χ0n) is 20.1. The van der Waals surface area contributed by atoms with Crippen LogP contribution in [0.3, 0.4) is 0 Å². The summed E-state index contributed by atoms with van der Waals surface area (Å²) in [6.07, 6.45) is 1.18. The predicted molar refractivity (Wildman–Crippen MR) is 146 cm³/mol. The molecular weight excluding hydrogens is 543 g/mol. The van der Waals surface area contributed by atoms with Crippen LogP contribution in [0.1, 0.15) is 17.7 Å². The number of imide groups is 1. The van der Waals surface area contributed by atoms with E-state index in [-0.39, 0.29) is 17.2 Å². The second-order valence-electron chi connectivity index (χ2n) is 8.89. The molecule has 0 radical (unpaired) electrons. The Morgan fingerprint density at radius 3 is 2.61 bits per heavy atom. The highest BCUT2D eigenvalue weighted by molar-refractivity contribution is 7.91. The molecule has 1 fully saturated rings. The van der Waals surface area contributed by atoms with E-state index in [1.807, 2.05) is 31.2 Å². The van der Waals surface area contributed by atoms with Gasteiger partial charge in [-0.15, -0.1) is 22.7 Å². The number of aromatic nitrogens is 1. The number of anilines is 1. The van der Waals surface area contributed by atoms with Gasteiger partial charge in [-0.3, -0.25) is 9.59 Å². The highest BCUT2D eigenvalue weighted by atomic mass is 32.2. The lowest BCUT2D eigenvalue weighted by molar-refractivity contribution is -0.122. The largest absolute Gasteiger partial charge is 0.468 e. The number of fused-ring (bicyclic) bond motifs is 1. The van der Waals surface area contributed by atoms with Crippen molar-refractivity contribution in [2.75, 3.05) is 4.90 Å². The van der Waals surface area contributed by atoms with Gasteiger partial charge in [-0.05, 0) is 72.5 Å². The second-order valence-corrected chi connectivity index (χ2v) is 13.0. The summed E-state index contributed by atoms with van der Waals surface area (Å²) >= 11 is 2.63. The van der Waals surface area contributed by atoms with Gasteiger partial charge in [0, 0.05) is 5.56 Å². The normalized spacial score (nSPS) is 16.3. The molecule has 1 aliphatic heterocycles. The molecule has 6 rings (SSSR count). The molecule has 2 amide bonds.